The van der Waals surface area contributed by atoms with E-state index in [-0.39, 0.29) is 12.1 Å². The van der Waals surface area contributed by atoms with Crippen LogP contribution in [0.3, 0.4) is 0 Å². The number of aliphatic imine (C=N–C) groups is 1. The average molecular weight is 249 g/mol. The van der Waals surface area contributed by atoms with E-state index in [0.717, 1.165) is 12.0 Å². The van der Waals surface area contributed by atoms with E-state index in [1.807, 2.05) is 37.3 Å². The van der Waals surface area contributed by atoms with Gasteiger partial charge in [0, 0.05) is 6.42 Å². The van der Waals surface area contributed by atoms with Gasteiger partial charge in [-0.25, -0.2) is 9.71 Å². The average Bonchev–Trinajstić information content (AvgIpc) is 2.79. The van der Waals surface area contributed by atoms with Gasteiger partial charge in [0.05, 0.1) is 0 Å². The maximum atomic E-state index is 11.4. The first-order chi connectivity index (χ1) is 8.29. The van der Waals surface area contributed by atoms with Crippen molar-refractivity contribution in [3.8, 4) is 0 Å². The Kier molecular flexibility index (Phi) is 4.17. The van der Waals surface area contributed by atoms with Gasteiger partial charge in [0.25, 0.3) is 0 Å². The van der Waals surface area contributed by atoms with Crippen LogP contribution in [0, 0.1) is 0 Å². The van der Waals surface area contributed by atoms with Crippen molar-refractivity contribution in [2.75, 3.05) is 0 Å². The molecule has 0 aromatic heterocycles. The molecule has 1 unspecified atom stereocenters. The van der Waals surface area contributed by atoms with Crippen LogP contribution in [0.15, 0.2) is 35.3 Å². The first-order valence-corrected chi connectivity index (χ1v) is 6.46. The maximum absolute atomic E-state index is 11.4. The highest BCUT2D eigenvalue weighted by Crippen LogP contribution is 2.23. The fraction of sp³-hybridized carbons (Fsp3) is 0.333. The summed E-state index contributed by atoms with van der Waals surface area (Å²) in [5.74, 6) is 0.0225. The van der Waals surface area contributed by atoms with Crippen molar-refractivity contribution in [1.82, 2.24) is 10.0 Å². The van der Waals surface area contributed by atoms with E-state index >= 15 is 0 Å². The smallest absolute Gasteiger partial charge is 0.225 e. The Bertz CT molecular complexity index is 419. The van der Waals surface area contributed by atoms with Crippen LogP contribution < -0.4 is 10.0 Å². The molecule has 1 aromatic carbocycles. The van der Waals surface area contributed by atoms with Gasteiger partial charge in [-0.05, 0) is 23.9 Å². The first-order valence-electron chi connectivity index (χ1n) is 5.64. The lowest BCUT2D eigenvalue weighted by Gasteiger charge is -2.05. The predicted octanol–water partition coefficient (Wildman–Crippen LogP) is 2.21. The Labute approximate surface area is 105 Å². The van der Waals surface area contributed by atoms with Crippen LogP contribution in [0.25, 0.3) is 0 Å². The Balaban J connectivity index is 1.97. The van der Waals surface area contributed by atoms with Gasteiger partial charge in [-0.15, -0.1) is 0 Å². The summed E-state index contributed by atoms with van der Waals surface area (Å²) in [6.45, 7) is 1.98. The zero-order valence-electron chi connectivity index (χ0n) is 9.64. The second-order valence-corrected chi connectivity index (χ2v) is 4.59. The van der Waals surface area contributed by atoms with Crippen molar-refractivity contribution in [2.24, 2.45) is 4.99 Å². The molecular weight excluding hydrogens is 234 g/mol. The lowest BCUT2D eigenvalue weighted by molar-refractivity contribution is -0.119. The molecule has 2 N–H and O–H groups in total. The SMILES string of the molecule is CCCC(=O)NC1=NC(c2ccccc2)NS1. The van der Waals surface area contributed by atoms with Gasteiger partial charge < -0.3 is 5.32 Å². The molecule has 0 aliphatic carbocycles. The van der Waals surface area contributed by atoms with E-state index in [1.54, 1.807) is 0 Å². The van der Waals surface area contributed by atoms with Crippen LogP contribution in [0.1, 0.15) is 31.5 Å². The van der Waals surface area contributed by atoms with Gasteiger partial charge in [0.15, 0.2) is 5.17 Å². The molecule has 17 heavy (non-hydrogen) atoms. The molecule has 0 saturated carbocycles. The third-order valence-corrected chi connectivity index (χ3v) is 3.09. The van der Waals surface area contributed by atoms with Crippen molar-refractivity contribution in [3.05, 3.63) is 35.9 Å². The molecule has 5 heteroatoms. The van der Waals surface area contributed by atoms with Crippen LogP contribution in [-0.4, -0.2) is 11.1 Å². The summed E-state index contributed by atoms with van der Waals surface area (Å²) >= 11 is 1.37. The molecule has 1 atom stereocenters. The molecule has 4 nitrogen and oxygen atoms in total. The molecule has 0 bridgehead atoms. The predicted molar refractivity (Wildman–Crippen MR) is 70.4 cm³/mol. The zero-order chi connectivity index (χ0) is 12.1. The normalized spacial score (nSPS) is 18.9. The zero-order valence-corrected chi connectivity index (χ0v) is 10.5. The van der Waals surface area contributed by atoms with Crippen molar-refractivity contribution in [1.29, 1.82) is 0 Å². The van der Waals surface area contributed by atoms with Crippen LogP contribution in [0.2, 0.25) is 0 Å². The summed E-state index contributed by atoms with van der Waals surface area (Å²) in [5, 5.41) is 3.44. The third kappa shape index (κ3) is 3.31. The number of carbonyl (C=O) groups is 1. The molecule has 0 saturated heterocycles. The molecular formula is C12H15N3OS. The van der Waals surface area contributed by atoms with Gasteiger partial charge in [-0.2, -0.15) is 0 Å². The molecule has 1 heterocycles. The highest BCUT2D eigenvalue weighted by molar-refractivity contribution is 8.12. The highest BCUT2D eigenvalue weighted by atomic mass is 32.2. The van der Waals surface area contributed by atoms with Gasteiger partial charge in [0.1, 0.15) is 6.17 Å². The summed E-state index contributed by atoms with van der Waals surface area (Å²) in [6, 6.07) is 9.95. The molecule has 1 amide bonds. The molecule has 90 valence electrons. The van der Waals surface area contributed by atoms with E-state index in [9.17, 15) is 4.79 Å². The monoisotopic (exact) mass is 249 g/mol. The van der Waals surface area contributed by atoms with Gasteiger partial charge >= 0.3 is 0 Å². The highest BCUT2D eigenvalue weighted by Gasteiger charge is 2.20. The molecule has 1 aliphatic heterocycles. The maximum Gasteiger partial charge on any atom is 0.225 e. The lowest BCUT2D eigenvalue weighted by Crippen LogP contribution is -2.27. The lowest BCUT2D eigenvalue weighted by atomic mass is 10.2. The number of benzene rings is 1. The van der Waals surface area contributed by atoms with Crippen LogP contribution in [-0.2, 0) is 4.79 Å². The number of nitrogens with zero attached hydrogens (tertiary/aromatic N) is 1. The molecule has 1 aromatic rings. The van der Waals surface area contributed by atoms with E-state index < -0.39 is 0 Å². The standard InChI is InChI=1S/C12H15N3OS/c1-2-6-10(16)13-12-14-11(15-17-12)9-7-4-3-5-8-9/h3-5,7-8,11,15H,2,6H2,1H3,(H,13,14,16). The first kappa shape index (κ1) is 12.1. The van der Waals surface area contributed by atoms with Crippen LogP contribution in [0.4, 0.5) is 0 Å². The largest absolute Gasteiger partial charge is 0.304 e. The quantitative estimate of drug-likeness (QED) is 0.808. The Hall–Kier alpha value is -1.33. The Morgan fingerprint density at radius 3 is 2.94 bits per heavy atom. The number of rotatable bonds is 3. The number of nitrogens with one attached hydrogen (secondary N) is 2. The minimum atomic E-state index is -0.0712. The summed E-state index contributed by atoms with van der Waals surface area (Å²) in [6.07, 6.45) is 1.31. The minimum Gasteiger partial charge on any atom is -0.304 e. The topological polar surface area (TPSA) is 53.5 Å². The number of hydrogen-bond donors (Lipinski definition) is 2. The fourth-order valence-corrected chi connectivity index (χ4v) is 2.26. The van der Waals surface area contributed by atoms with Crippen molar-refractivity contribution in [2.45, 2.75) is 25.9 Å². The Morgan fingerprint density at radius 1 is 1.47 bits per heavy atom. The second kappa shape index (κ2) is 5.84. The van der Waals surface area contributed by atoms with Crippen molar-refractivity contribution < 1.29 is 4.79 Å². The third-order valence-electron chi connectivity index (χ3n) is 2.35. The molecule has 0 radical (unpaired) electrons. The number of amidine groups is 1. The van der Waals surface area contributed by atoms with Crippen molar-refractivity contribution >= 4 is 23.0 Å². The number of hydrogen-bond acceptors (Lipinski definition) is 4. The van der Waals surface area contributed by atoms with Gasteiger partial charge in [0.2, 0.25) is 5.91 Å². The summed E-state index contributed by atoms with van der Waals surface area (Å²) in [7, 11) is 0. The molecule has 1 aliphatic rings. The summed E-state index contributed by atoms with van der Waals surface area (Å²) in [4.78, 5) is 15.8. The van der Waals surface area contributed by atoms with Crippen molar-refractivity contribution in [3.63, 3.8) is 0 Å². The second-order valence-electron chi connectivity index (χ2n) is 3.77. The molecule has 2 rings (SSSR count). The summed E-state index contributed by atoms with van der Waals surface area (Å²) < 4.78 is 3.17. The van der Waals surface area contributed by atoms with E-state index in [1.165, 1.54) is 11.9 Å². The van der Waals surface area contributed by atoms with E-state index in [2.05, 4.69) is 15.0 Å². The van der Waals surface area contributed by atoms with Gasteiger partial charge in [-0.1, -0.05) is 37.3 Å². The molecule has 0 fully saturated rings. The van der Waals surface area contributed by atoms with Gasteiger partial charge in [-0.3, -0.25) is 4.79 Å². The van der Waals surface area contributed by atoms with E-state index in [4.69, 9.17) is 0 Å². The molecule has 0 spiro atoms. The number of amides is 1. The van der Waals surface area contributed by atoms with Crippen LogP contribution in [0.5, 0.6) is 0 Å². The summed E-state index contributed by atoms with van der Waals surface area (Å²) in [5.41, 5.74) is 1.10. The number of carbonyl (C=O) groups excluding carboxylic acids is 1. The fourth-order valence-electron chi connectivity index (χ4n) is 1.53. The minimum absolute atomic E-state index is 0.0225. The van der Waals surface area contributed by atoms with E-state index in [0.29, 0.717) is 11.6 Å². The Morgan fingerprint density at radius 2 is 2.24 bits per heavy atom. The van der Waals surface area contributed by atoms with Crippen LogP contribution >= 0.6 is 11.9 Å².